The second kappa shape index (κ2) is 5.61. The van der Waals surface area contributed by atoms with Crippen LogP contribution in [0.2, 0.25) is 0 Å². The van der Waals surface area contributed by atoms with Gasteiger partial charge in [-0.15, -0.1) is 4.48 Å². The molecule has 74 valence electrons. The Labute approximate surface area is 70.4 Å². The largest absolute Gasteiger partial charge is 0.471 e. The van der Waals surface area contributed by atoms with Gasteiger partial charge in [-0.1, -0.05) is 6.92 Å². The molecular weight excluding hydrogens is 188 g/mol. The molecule has 0 aromatic carbocycles. The number of halogens is 1. The van der Waals surface area contributed by atoms with Crippen LogP contribution in [-0.2, 0) is 13.6 Å². The molecule has 0 radical (unpaired) electrons. The molecule has 0 aromatic heterocycles. The first kappa shape index (κ1) is 12.0. The van der Waals surface area contributed by atoms with E-state index in [2.05, 4.69) is 9.05 Å². The highest BCUT2D eigenvalue weighted by molar-refractivity contribution is 7.47. The van der Waals surface area contributed by atoms with Crippen molar-refractivity contribution in [2.45, 2.75) is 6.92 Å². The van der Waals surface area contributed by atoms with Crippen LogP contribution in [0, 0.1) is 5.92 Å². The van der Waals surface area contributed by atoms with E-state index in [0.717, 1.165) is 7.11 Å². The second-order valence-corrected chi connectivity index (χ2v) is 3.95. The van der Waals surface area contributed by atoms with Gasteiger partial charge in [0, 0.05) is 13.7 Å². The third-order valence-electron chi connectivity index (χ3n) is 1.18. The van der Waals surface area contributed by atoms with Crippen LogP contribution >= 0.6 is 7.82 Å². The van der Waals surface area contributed by atoms with Crippen molar-refractivity contribution in [3.05, 3.63) is 0 Å². The molecule has 5 nitrogen and oxygen atoms in total. The lowest BCUT2D eigenvalue weighted by Crippen LogP contribution is -2.17. The van der Waals surface area contributed by atoms with Gasteiger partial charge in [0.1, 0.15) is 0 Å². The summed E-state index contributed by atoms with van der Waals surface area (Å²) >= 11 is 0. The number of phosphoric acid groups is 1. The molecule has 0 heterocycles. The Kier molecular flexibility index (Phi) is 5.61. The third-order valence-corrected chi connectivity index (χ3v) is 2.12. The first-order valence-electron chi connectivity index (χ1n) is 3.38. The van der Waals surface area contributed by atoms with E-state index in [9.17, 15) is 9.05 Å². The Balaban J connectivity index is 3.60. The summed E-state index contributed by atoms with van der Waals surface area (Å²) in [6.45, 7) is 1.71. The summed E-state index contributed by atoms with van der Waals surface area (Å²) in [7, 11) is -2.83. The Morgan fingerprint density at radius 2 is 2.33 bits per heavy atom. The molecular formula is C5H13FNO4P. The van der Waals surface area contributed by atoms with E-state index in [1.807, 2.05) is 0 Å². The predicted octanol–water partition coefficient (Wildman–Crippen LogP) is 0.860. The van der Waals surface area contributed by atoms with Crippen LogP contribution in [0.25, 0.3) is 0 Å². The maximum Gasteiger partial charge on any atom is 0.471 e. The number of phosphoric ester groups is 1. The van der Waals surface area contributed by atoms with Crippen molar-refractivity contribution < 1.29 is 23.0 Å². The topological polar surface area (TPSA) is 67.8 Å². The molecule has 0 amide bonds. The van der Waals surface area contributed by atoms with Gasteiger partial charge in [-0.3, -0.25) is 9.05 Å². The lowest BCUT2D eigenvalue weighted by Gasteiger charge is -2.12. The Morgan fingerprint density at radius 1 is 1.75 bits per heavy atom. The standard InChI is InChI=1S/C5H13FNO4P/c1-5(3-7-6)4-11-12(8,9)10-2/h5,7H,3-4H2,1-2H3,(H,8,9). The van der Waals surface area contributed by atoms with Gasteiger partial charge in [0.05, 0.1) is 6.61 Å². The maximum absolute atomic E-state index is 11.5. The number of hydrogen-bond donors (Lipinski definition) is 2. The summed E-state index contributed by atoms with van der Waals surface area (Å²) in [4.78, 5) is 8.74. The maximum atomic E-state index is 11.5. The lowest BCUT2D eigenvalue weighted by atomic mass is 10.2. The van der Waals surface area contributed by atoms with Crippen LogP contribution in [0.5, 0.6) is 0 Å². The minimum Gasteiger partial charge on any atom is -0.303 e. The van der Waals surface area contributed by atoms with Crippen molar-refractivity contribution in [3.63, 3.8) is 0 Å². The van der Waals surface area contributed by atoms with Gasteiger partial charge in [-0.05, 0) is 5.92 Å². The van der Waals surface area contributed by atoms with Gasteiger partial charge in [-0.2, -0.15) is 5.54 Å². The highest BCUT2D eigenvalue weighted by Crippen LogP contribution is 2.42. The van der Waals surface area contributed by atoms with Crippen LogP contribution in [-0.4, -0.2) is 25.2 Å². The summed E-state index contributed by atoms with van der Waals surface area (Å²) in [5.41, 5.74) is 1.43. The molecule has 12 heavy (non-hydrogen) atoms. The van der Waals surface area contributed by atoms with Gasteiger partial charge < -0.3 is 4.89 Å². The molecule has 2 atom stereocenters. The van der Waals surface area contributed by atoms with E-state index in [0.29, 0.717) is 0 Å². The van der Waals surface area contributed by atoms with Crippen molar-refractivity contribution in [2.24, 2.45) is 5.92 Å². The van der Waals surface area contributed by atoms with Crippen molar-refractivity contribution in [2.75, 3.05) is 20.3 Å². The molecule has 0 rings (SSSR count). The summed E-state index contributed by atoms with van der Waals surface area (Å²) in [6.07, 6.45) is 0. The fraction of sp³-hybridized carbons (Fsp3) is 1.00. The first-order chi connectivity index (χ1) is 5.52. The molecule has 0 saturated heterocycles. The van der Waals surface area contributed by atoms with E-state index in [-0.39, 0.29) is 19.1 Å². The molecule has 7 heteroatoms. The van der Waals surface area contributed by atoms with Gasteiger partial charge in [-0.25, -0.2) is 4.57 Å². The lowest BCUT2D eigenvalue weighted by molar-refractivity contribution is 0.145. The molecule has 0 aliphatic carbocycles. The summed E-state index contributed by atoms with van der Waals surface area (Å²) < 4.78 is 30.8. The molecule has 0 bridgehead atoms. The number of rotatable bonds is 6. The molecule has 2 unspecified atom stereocenters. The quantitative estimate of drug-likeness (QED) is 0.492. The average molecular weight is 201 g/mol. The van der Waals surface area contributed by atoms with Crippen LogP contribution in [0.15, 0.2) is 0 Å². The van der Waals surface area contributed by atoms with Gasteiger partial charge in [0.25, 0.3) is 0 Å². The summed E-state index contributed by atoms with van der Waals surface area (Å²) in [5, 5.41) is 0. The zero-order valence-electron chi connectivity index (χ0n) is 6.99. The van der Waals surface area contributed by atoms with Gasteiger partial charge in [0.2, 0.25) is 0 Å². The number of nitrogens with one attached hydrogen (secondary N) is 1. The van der Waals surface area contributed by atoms with E-state index < -0.39 is 7.82 Å². The molecule has 0 saturated carbocycles. The van der Waals surface area contributed by atoms with Crippen LogP contribution in [0.4, 0.5) is 4.48 Å². The highest BCUT2D eigenvalue weighted by atomic mass is 31.2. The smallest absolute Gasteiger partial charge is 0.303 e. The van der Waals surface area contributed by atoms with Crippen molar-refractivity contribution >= 4 is 7.82 Å². The average Bonchev–Trinajstić information content (AvgIpc) is 2.02. The highest BCUT2D eigenvalue weighted by Gasteiger charge is 2.19. The molecule has 0 aromatic rings. The zero-order valence-corrected chi connectivity index (χ0v) is 7.88. The predicted molar refractivity (Wildman–Crippen MR) is 41.1 cm³/mol. The molecule has 2 N–H and O–H groups in total. The van der Waals surface area contributed by atoms with Crippen LogP contribution in [0.1, 0.15) is 6.92 Å². The Hall–Kier alpha value is -0.0000000000000000278. The molecule has 0 aliphatic heterocycles. The van der Waals surface area contributed by atoms with Crippen molar-refractivity contribution in [3.8, 4) is 0 Å². The minimum absolute atomic E-state index is 0.0292. The monoisotopic (exact) mass is 201 g/mol. The van der Waals surface area contributed by atoms with E-state index in [1.54, 1.807) is 6.92 Å². The first-order valence-corrected chi connectivity index (χ1v) is 4.88. The van der Waals surface area contributed by atoms with Crippen LogP contribution < -0.4 is 5.54 Å². The van der Waals surface area contributed by atoms with E-state index in [1.165, 1.54) is 5.54 Å². The second-order valence-electron chi connectivity index (χ2n) is 2.39. The molecule has 0 fully saturated rings. The Bertz CT molecular complexity index is 168. The number of hydrogen-bond acceptors (Lipinski definition) is 4. The van der Waals surface area contributed by atoms with Crippen LogP contribution in [0.3, 0.4) is 0 Å². The van der Waals surface area contributed by atoms with Gasteiger partial charge >= 0.3 is 7.82 Å². The summed E-state index contributed by atoms with van der Waals surface area (Å²) in [6, 6.07) is 0. The zero-order chi connectivity index (χ0) is 9.61. The SMILES string of the molecule is COP(=O)(O)OCC(C)CNF. The van der Waals surface area contributed by atoms with E-state index in [4.69, 9.17) is 4.89 Å². The third kappa shape index (κ3) is 5.62. The summed E-state index contributed by atoms with van der Waals surface area (Å²) in [5.74, 6) is -0.189. The van der Waals surface area contributed by atoms with Crippen molar-refractivity contribution in [1.29, 1.82) is 0 Å². The Morgan fingerprint density at radius 3 is 2.75 bits per heavy atom. The molecule has 0 spiro atoms. The van der Waals surface area contributed by atoms with Crippen molar-refractivity contribution in [1.82, 2.24) is 5.54 Å². The fourth-order valence-electron chi connectivity index (χ4n) is 0.465. The normalized spacial score (nSPS) is 18.7. The van der Waals surface area contributed by atoms with E-state index >= 15 is 0 Å². The molecule has 0 aliphatic rings. The minimum atomic E-state index is -3.90. The fourth-order valence-corrected chi connectivity index (χ4v) is 1.01. The van der Waals surface area contributed by atoms with Gasteiger partial charge in [0.15, 0.2) is 0 Å².